The molecule has 1 aromatic heterocycles. The monoisotopic (exact) mass is 671 g/mol. The summed E-state index contributed by atoms with van der Waals surface area (Å²) in [5.74, 6) is 2.64. The number of carbonyl (C=O) groups excluding carboxylic acids is 2. The number of carbonyl (C=O) groups is 2. The van der Waals surface area contributed by atoms with Crippen LogP contribution in [0.3, 0.4) is 0 Å². The minimum Gasteiger partial charge on any atom is -0.494 e. The highest BCUT2D eigenvalue weighted by molar-refractivity contribution is 6.09. The summed E-state index contributed by atoms with van der Waals surface area (Å²) in [7, 11) is 3.65. The number of hydrogen-bond donors (Lipinski definition) is 3. The van der Waals surface area contributed by atoms with Gasteiger partial charge in [0.25, 0.3) is 0 Å². The molecule has 3 N–H and O–H groups in total. The number of anilines is 4. The smallest absolute Gasteiger partial charge is 0.323 e. The number of ether oxygens (including phenoxy) is 2. The van der Waals surface area contributed by atoms with Crippen molar-refractivity contribution < 1.29 is 19.1 Å². The Kier molecular flexibility index (Phi) is 10.3. The number of methoxy groups -OCH3 is 1. The number of likely N-dealkylation sites (tertiary alicyclic amines) is 1. The molecule has 0 radical (unpaired) electrons. The van der Waals surface area contributed by atoms with E-state index >= 15 is 0 Å². The first kappa shape index (κ1) is 34.5. The molecule has 1 fully saturated rings. The summed E-state index contributed by atoms with van der Waals surface area (Å²) in [6, 6.07) is 28.2. The van der Waals surface area contributed by atoms with Crippen LogP contribution in [0, 0.1) is 5.92 Å². The van der Waals surface area contributed by atoms with E-state index in [0.717, 1.165) is 48.0 Å². The molecule has 1 aliphatic heterocycles. The Bertz CT molecular complexity index is 1980. The van der Waals surface area contributed by atoms with Crippen LogP contribution in [0.4, 0.5) is 27.7 Å². The van der Waals surface area contributed by atoms with Crippen molar-refractivity contribution in [1.29, 1.82) is 0 Å². The molecule has 0 aliphatic carbocycles. The van der Waals surface area contributed by atoms with Crippen LogP contribution in [0.1, 0.15) is 56.0 Å². The Morgan fingerprint density at radius 2 is 1.56 bits per heavy atom. The summed E-state index contributed by atoms with van der Waals surface area (Å²) in [6.45, 7) is 8.25. The fraction of sp³-hybridized carbons (Fsp3) is 0.293. The van der Waals surface area contributed by atoms with Gasteiger partial charge < -0.3 is 30.3 Å². The lowest BCUT2D eigenvalue weighted by molar-refractivity contribution is 0.0933. The number of pyridine rings is 1. The predicted octanol–water partition coefficient (Wildman–Crippen LogP) is 9.64. The van der Waals surface area contributed by atoms with Gasteiger partial charge in [-0.2, -0.15) is 0 Å². The summed E-state index contributed by atoms with van der Waals surface area (Å²) in [6.07, 6.45) is 4.13. The molecule has 0 spiro atoms. The van der Waals surface area contributed by atoms with Crippen LogP contribution < -0.4 is 25.4 Å². The molecule has 1 saturated heterocycles. The van der Waals surface area contributed by atoms with Gasteiger partial charge in [-0.05, 0) is 92.3 Å². The lowest BCUT2D eigenvalue weighted by Crippen LogP contribution is -2.31. The van der Waals surface area contributed by atoms with Gasteiger partial charge in [-0.15, -0.1) is 0 Å². The van der Waals surface area contributed by atoms with Gasteiger partial charge in [0.2, 0.25) is 0 Å². The highest BCUT2D eigenvalue weighted by Crippen LogP contribution is 2.38. The second kappa shape index (κ2) is 15.0. The third-order valence-electron chi connectivity index (χ3n) is 9.16. The van der Waals surface area contributed by atoms with Gasteiger partial charge in [0.15, 0.2) is 11.5 Å². The molecule has 9 heteroatoms. The van der Waals surface area contributed by atoms with E-state index in [0.29, 0.717) is 52.3 Å². The number of nitrogens with zero attached hydrogens (tertiary/aromatic N) is 2. The highest BCUT2D eigenvalue weighted by atomic mass is 16.5. The number of ketones is 1. The summed E-state index contributed by atoms with van der Waals surface area (Å²) in [5.41, 5.74) is 3.16. The van der Waals surface area contributed by atoms with Gasteiger partial charge in [-0.1, -0.05) is 63.2 Å². The number of amides is 2. The van der Waals surface area contributed by atoms with Crippen molar-refractivity contribution in [2.24, 2.45) is 5.92 Å². The molecule has 0 saturated carbocycles. The average molecular weight is 672 g/mol. The number of aromatic nitrogens is 1. The Morgan fingerprint density at radius 1 is 0.860 bits per heavy atom. The quantitative estimate of drug-likeness (QED) is 0.127. The molecule has 0 atom stereocenters. The minimum atomic E-state index is -0.451. The third kappa shape index (κ3) is 8.23. The number of Topliss-reactive ketones (excluding diaryl/α,β-unsaturated/α-hetero) is 1. The van der Waals surface area contributed by atoms with Crippen molar-refractivity contribution in [3.05, 3.63) is 108 Å². The molecule has 0 bridgehead atoms. The van der Waals surface area contributed by atoms with Crippen LogP contribution in [0.2, 0.25) is 0 Å². The number of benzene rings is 4. The standard InChI is InChI=1S/C41H45N5O4/c1-41(2,3)28-24-33(36(47)23-27-18-21-46(4)22-19-27)39(49-5)35(25-28)45-40(48)44-34-15-16-37(32-14-10-9-13-31(32)34)50-30-17-20-42-38(26-30)43-29-11-7-6-8-12-29/h6-17,20,24-27H,18-19,21-23H2,1-5H3,(H,42,43)(H2,44,45,48). The fourth-order valence-electron chi connectivity index (χ4n) is 6.30. The molecule has 0 unspecified atom stereocenters. The molecule has 2 heterocycles. The van der Waals surface area contributed by atoms with E-state index in [1.807, 2.05) is 84.9 Å². The summed E-state index contributed by atoms with van der Waals surface area (Å²) in [4.78, 5) is 34.1. The molecule has 1 aliphatic rings. The Balaban J connectivity index is 1.23. The number of piperidine rings is 1. The average Bonchev–Trinajstić information content (AvgIpc) is 3.10. The number of rotatable bonds is 10. The van der Waals surface area contributed by atoms with Crippen LogP contribution in [-0.2, 0) is 5.41 Å². The summed E-state index contributed by atoms with van der Waals surface area (Å²) < 4.78 is 12.1. The molecule has 6 rings (SSSR count). The Morgan fingerprint density at radius 3 is 2.28 bits per heavy atom. The Hall–Kier alpha value is -5.41. The third-order valence-corrected chi connectivity index (χ3v) is 9.16. The van der Waals surface area contributed by atoms with E-state index in [1.54, 1.807) is 12.3 Å². The first-order valence-corrected chi connectivity index (χ1v) is 17.1. The van der Waals surface area contributed by atoms with Gasteiger partial charge in [-0.25, -0.2) is 9.78 Å². The molecular formula is C41H45N5O4. The molecule has 9 nitrogen and oxygen atoms in total. The van der Waals surface area contributed by atoms with Crippen molar-refractivity contribution >= 4 is 45.5 Å². The number of urea groups is 1. The van der Waals surface area contributed by atoms with E-state index in [-0.39, 0.29) is 11.2 Å². The second-order valence-corrected chi connectivity index (χ2v) is 13.9. The maximum absolute atomic E-state index is 13.8. The maximum Gasteiger partial charge on any atom is 0.323 e. The first-order valence-electron chi connectivity index (χ1n) is 17.1. The van der Waals surface area contributed by atoms with Crippen LogP contribution in [0.25, 0.3) is 10.8 Å². The number of hydrogen-bond acceptors (Lipinski definition) is 7. The maximum atomic E-state index is 13.8. The van der Waals surface area contributed by atoms with Gasteiger partial charge in [0.1, 0.15) is 17.3 Å². The molecule has 5 aromatic rings. The van der Waals surface area contributed by atoms with E-state index < -0.39 is 6.03 Å². The van der Waals surface area contributed by atoms with Crippen LogP contribution >= 0.6 is 0 Å². The largest absolute Gasteiger partial charge is 0.494 e. The zero-order chi connectivity index (χ0) is 35.3. The number of fused-ring (bicyclic) bond motifs is 1. The molecule has 258 valence electrons. The lowest BCUT2D eigenvalue weighted by Gasteiger charge is -2.29. The van der Waals surface area contributed by atoms with Crippen molar-refractivity contribution in [1.82, 2.24) is 9.88 Å². The summed E-state index contributed by atoms with van der Waals surface area (Å²) >= 11 is 0. The molecule has 4 aromatic carbocycles. The van der Waals surface area contributed by atoms with Crippen molar-refractivity contribution in [3.63, 3.8) is 0 Å². The van der Waals surface area contributed by atoms with Crippen molar-refractivity contribution in [2.45, 2.75) is 45.4 Å². The fourth-order valence-corrected chi connectivity index (χ4v) is 6.30. The van der Waals surface area contributed by atoms with Crippen LogP contribution in [-0.4, -0.2) is 48.9 Å². The predicted molar refractivity (Wildman–Crippen MR) is 201 cm³/mol. The highest BCUT2D eigenvalue weighted by Gasteiger charge is 2.27. The van der Waals surface area contributed by atoms with Gasteiger partial charge >= 0.3 is 6.03 Å². The van der Waals surface area contributed by atoms with Crippen molar-refractivity contribution in [2.75, 3.05) is 43.2 Å². The zero-order valence-corrected chi connectivity index (χ0v) is 29.4. The van der Waals surface area contributed by atoms with Crippen molar-refractivity contribution in [3.8, 4) is 17.2 Å². The van der Waals surface area contributed by atoms with E-state index in [4.69, 9.17) is 9.47 Å². The van der Waals surface area contributed by atoms with E-state index in [2.05, 4.69) is 53.7 Å². The number of para-hydroxylation sites is 1. The zero-order valence-electron chi connectivity index (χ0n) is 29.4. The summed E-state index contributed by atoms with van der Waals surface area (Å²) in [5, 5.41) is 10.9. The topological polar surface area (TPSA) is 105 Å². The van der Waals surface area contributed by atoms with Gasteiger partial charge in [-0.3, -0.25) is 4.79 Å². The van der Waals surface area contributed by atoms with Crippen LogP contribution in [0.15, 0.2) is 97.2 Å². The molecule has 50 heavy (non-hydrogen) atoms. The molecule has 2 amide bonds. The molecular weight excluding hydrogens is 626 g/mol. The Labute approximate surface area is 294 Å². The normalized spacial score (nSPS) is 13.9. The van der Waals surface area contributed by atoms with Gasteiger partial charge in [0, 0.05) is 35.1 Å². The number of nitrogens with one attached hydrogen (secondary N) is 3. The lowest BCUT2D eigenvalue weighted by atomic mass is 9.83. The van der Waals surface area contributed by atoms with Crippen LogP contribution in [0.5, 0.6) is 17.2 Å². The second-order valence-electron chi connectivity index (χ2n) is 13.9. The van der Waals surface area contributed by atoms with E-state index in [1.165, 1.54) is 7.11 Å². The SMILES string of the molecule is COc1c(NC(=O)Nc2ccc(Oc3ccnc(Nc4ccccc4)c3)c3ccccc23)cc(C(C)(C)C)cc1C(=O)CC1CCN(C)CC1. The van der Waals surface area contributed by atoms with Gasteiger partial charge in [0.05, 0.1) is 24.0 Å². The first-order chi connectivity index (χ1) is 24.1. The van der Waals surface area contributed by atoms with E-state index in [9.17, 15) is 9.59 Å². The minimum absolute atomic E-state index is 0.0321.